The Morgan fingerprint density at radius 3 is 2.00 bits per heavy atom. The van der Waals surface area contributed by atoms with E-state index in [-0.39, 0.29) is 17.9 Å². The summed E-state index contributed by atoms with van der Waals surface area (Å²) in [5.74, 6) is -2.06. The van der Waals surface area contributed by atoms with Crippen LogP contribution in [0.25, 0.3) is 0 Å². The molecule has 0 fully saturated rings. The molecule has 0 unspecified atom stereocenters. The van der Waals surface area contributed by atoms with Crippen LogP contribution in [-0.2, 0) is 11.2 Å². The third kappa shape index (κ3) is 5.29. The zero-order valence-corrected chi connectivity index (χ0v) is 15.5. The number of rotatable bonds is 7. The number of carboxylic acid groups (broad SMARTS) is 1. The fourth-order valence-corrected chi connectivity index (χ4v) is 2.86. The van der Waals surface area contributed by atoms with Gasteiger partial charge in [0.1, 0.15) is 6.04 Å². The smallest absolute Gasteiger partial charge is 0.326 e. The van der Waals surface area contributed by atoms with Crippen LogP contribution in [0.3, 0.4) is 0 Å². The first kappa shape index (κ1) is 19.8. The van der Waals surface area contributed by atoms with Gasteiger partial charge in [0, 0.05) is 12.0 Å². The molecule has 0 aliphatic heterocycles. The average molecular weight is 388 g/mol. The van der Waals surface area contributed by atoms with Crippen molar-refractivity contribution >= 4 is 23.5 Å². The molecular formula is C23H20N2O4. The number of carbonyl (C=O) groups is 3. The van der Waals surface area contributed by atoms with E-state index >= 15 is 0 Å². The Balaban J connectivity index is 1.76. The van der Waals surface area contributed by atoms with E-state index in [4.69, 9.17) is 0 Å². The summed E-state index contributed by atoms with van der Waals surface area (Å²) in [5.41, 5.74) is 1.75. The lowest BCUT2D eigenvalue weighted by Gasteiger charge is -2.16. The number of hydrogen-bond acceptors (Lipinski definition) is 3. The highest BCUT2D eigenvalue weighted by Crippen LogP contribution is 2.17. The van der Waals surface area contributed by atoms with Gasteiger partial charge in [0.2, 0.25) is 0 Å². The summed E-state index contributed by atoms with van der Waals surface area (Å²) in [6.07, 6.45) is 0.153. The molecule has 3 aromatic carbocycles. The number of anilines is 1. The number of aliphatic carboxylic acids is 1. The summed E-state index contributed by atoms with van der Waals surface area (Å²) in [6, 6.07) is 23.1. The van der Waals surface area contributed by atoms with Gasteiger partial charge in [-0.1, -0.05) is 60.7 Å². The van der Waals surface area contributed by atoms with Crippen LogP contribution in [0.5, 0.6) is 0 Å². The summed E-state index contributed by atoms with van der Waals surface area (Å²) in [6.45, 7) is 0. The standard InChI is InChI=1S/C23H20N2O4/c26-21(17-11-5-2-6-12-17)24-19-14-8-7-13-18(19)22(27)25-20(23(28)29)15-16-9-3-1-4-10-16/h1-14,20H,15H2,(H,24,26)(H,25,27)(H,28,29)/t20-/m0/s1. The molecule has 0 saturated heterocycles. The number of para-hydroxylation sites is 1. The Kier molecular flexibility index (Phi) is 6.37. The van der Waals surface area contributed by atoms with Crippen LogP contribution in [0.1, 0.15) is 26.3 Å². The molecule has 0 bridgehead atoms. The molecule has 1 atom stereocenters. The topological polar surface area (TPSA) is 95.5 Å². The summed E-state index contributed by atoms with van der Waals surface area (Å²) < 4.78 is 0. The van der Waals surface area contributed by atoms with Crippen LogP contribution in [0.2, 0.25) is 0 Å². The Bertz CT molecular complexity index is 1000. The van der Waals surface area contributed by atoms with Crippen LogP contribution < -0.4 is 10.6 Å². The lowest BCUT2D eigenvalue weighted by atomic mass is 10.0. The van der Waals surface area contributed by atoms with Crippen LogP contribution in [0, 0.1) is 0 Å². The van der Waals surface area contributed by atoms with E-state index in [9.17, 15) is 19.5 Å². The first-order valence-electron chi connectivity index (χ1n) is 9.07. The molecule has 6 nitrogen and oxygen atoms in total. The van der Waals surface area contributed by atoms with Gasteiger partial charge in [-0.3, -0.25) is 9.59 Å². The fraction of sp³-hybridized carbons (Fsp3) is 0.0870. The molecule has 0 spiro atoms. The first-order chi connectivity index (χ1) is 14.0. The second-order valence-electron chi connectivity index (χ2n) is 6.42. The highest BCUT2D eigenvalue weighted by atomic mass is 16.4. The molecule has 146 valence electrons. The lowest BCUT2D eigenvalue weighted by molar-refractivity contribution is -0.139. The monoisotopic (exact) mass is 388 g/mol. The number of carboxylic acids is 1. The molecule has 3 aromatic rings. The van der Waals surface area contributed by atoms with Gasteiger partial charge < -0.3 is 15.7 Å². The molecule has 0 saturated carbocycles. The molecule has 2 amide bonds. The Labute approximate surface area is 168 Å². The quantitative estimate of drug-likeness (QED) is 0.578. The molecule has 0 radical (unpaired) electrons. The van der Waals surface area contributed by atoms with Crippen molar-refractivity contribution in [2.24, 2.45) is 0 Å². The number of nitrogens with one attached hydrogen (secondary N) is 2. The summed E-state index contributed by atoms with van der Waals surface area (Å²) in [7, 11) is 0. The van der Waals surface area contributed by atoms with E-state index < -0.39 is 17.9 Å². The maximum Gasteiger partial charge on any atom is 0.326 e. The van der Waals surface area contributed by atoms with Crippen LogP contribution in [-0.4, -0.2) is 28.9 Å². The Hall–Kier alpha value is -3.93. The Morgan fingerprint density at radius 2 is 1.34 bits per heavy atom. The molecule has 0 aromatic heterocycles. The van der Waals surface area contributed by atoms with Gasteiger partial charge in [-0.2, -0.15) is 0 Å². The van der Waals surface area contributed by atoms with Gasteiger partial charge in [-0.15, -0.1) is 0 Å². The maximum absolute atomic E-state index is 12.8. The number of amides is 2. The molecule has 3 N–H and O–H groups in total. The van der Waals surface area contributed by atoms with Gasteiger partial charge >= 0.3 is 5.97 Å². The van der Waals surface area contributed by atoms with Crippen molar-refractivity contribution in [3.8, 4) is 0 Å². The van der Waals surface area contributed by atoms with E-state index in [1.165, 1.54) is 6.07 Å². The molecule has 29 heavy (non-hydrogen) atoms. The fourth-order valence-electron chi connectivity index (χ4n) is 2.86. The number of carbonyl (C=O) groups excluding carboxylic acids is 2. The van der Waals surface area contributed by atoms with Crippen LogP contribution in [0.4, 0.5) is 5.69 Å². The van der Waals surface area contributed by atoms with Gasteiger partial charge in [-0.05, 0) is 29.8 Å². The molecule has 0 heterocycles. The second-order valence-corrected chi connectivity index (χ2v) is 6.42. The van der Waals surface area contributed by atoms with Crippen LogP contribution >= 0.6 is 0 Å². The third-order valence-electron chi connectivity index (χ3n) is 4.34. The summed E-state index contributed by atoms with van der Waals surface area (Å²) in [5, 5.41) is 14.8. The van der Waals surface area contributed by atoms with Gasteiger partial charge in [-0.25, -0.2) is 4.79 Å². The minimum atomic E-state index is -1.13. The number of benzene rings is 3. The van der Waals surface area contributed by atoms with Crippen LogP contribution in [0.15, 0.2) is 84.9 Å². The van der Waals surface area contributed by atoms with E-state index in [1.807, 2.05) is 18.2 Å². The van der Waals surface area contributed by atoms with E-state index in [1.54, 1.807) is 60.7 Å². The highest BCUT2D eigenvalue weighted by Gasteiger charge is 2.23. The van der Waals surface area contributed by atoms with Crippen molar-refractivity contribution < 1.29 is 19.5 Å². The van der Waals surface area contributed by atoms with Crippen molar-refractivity contribution in [3.63, 3.8) is 0 Å². The second kappa shape index (κ2) is 9.32. The highest BCUT2D eigenvalue weighted by molar-refractivity contribution is 6.09. The first-order valence-corrected chi connectivity index (χ1v) is 9.07. The largest absolute Gasteiger partial charge is 0.480 e. The average Bonchev–Trinajstić information content (AvgIpc) is 2.75. The zero-order valence-electron chi connectivity index (χ0n) is 15.5. The molecule has 0 aliphatic carbocycles. The normalized spacial score (nSPS) is 11.3. The minimum absolute atomic E-state index is 0.153. The summed E-state index contributed by atoms with van der Waals surface area (Å²) >= 11 is 0. The third-order valence-corrected chi connectivity index (χ3v) is 4.34. The Morgan fingerprint density at radius 1 is 0.759 bits per heavy atom. The SMILES string of the molecule is O=C(Nc1ccccc1C(=O)N[C@@H](Cc1ccccc1)C(=O)O)c1ccccc1. The molecule has 6 heteroatoms. The zero-order chi connectivity index (χ0) is 20.6. The van der Waals surface area contributed by atoms with E-state index in [0.29, 0.717) is 11.3 Å². The minimum Gasteiger partial charge on any atom is -0.480 e. The predicted molar refractivity (Wildman–Crippen MR) is 110 cm³/mol. The van der Waals surface area contributed by atoms with Gasteiger partial charge in [0.25, 0.3) is 11.8 Å². The number of hydrogen-bond donors (Lipinski definition) is 3. The van der Waals surface area contributed by atoms with Crippen molar-refractivity contribution in [3.05, 3.63) is 102 Å². The van der Waals surface area contributed by atoms with E-state index in [2.05, 4.69) is 10.6 Å². The summed E-state index contributed by atoms with van der Waals surface area (Å²) in [4.78, 5) is 36.8. The van der Waals surface area contributed by atoms with Crippen molar-refractivity contribution in [1.29, 1.82) is 0 Å². The van der Waals surface area contributed by atoms with Crippen molar-refractivity contribution in [2.75, 3.05) is 5.32 Å². The predicted octanol–water partition coefficient (Wildman–Crippen LogP) is 3.36. The van der Waals surface area contributed by atoms with Crippen molar-refractivity contribution in [2.45, 2.75) is 12.5 Å². The van der Waals surface area contributed by atoms with Gasteiger partial charge in [0.05, 0.1) is 11.3 Å². The van der Waals surface area contributed by atoms with Crippen molar-refractivity contribution in [1.82, 2.24) is 5.32 Å². The van der Waals surface area contributed by atoms with Gasteiger partial charge in [0.15, 0.2) is 0 Å². The molecule has 3 rings (SSSR count). The molecule has 0 aliphatic rings. The maximum atomic E-state index is 12.8. The lowest BCUT2D eigenvalue weighted by Crippen LogP contribution is -2.42. The molecular weight excluding hydrogens is 368 g/mol. The van der Waals surface area contributed by atoms with E-state index in [0.717, 1.165) is 5.56 Å².